The van der Waals surface area contributed by atoms with Gasteiger partial charge < -0.3 is 5.32 Å². The average Bonchev–Trinajstić information content (AvgIpc) is 2.37. The maximum atomic E-state index is 3.59. The molecule has 0 bridgehead atoms. The van der Waals surface area contributed by atoms with Crippen LogP contribution in [0.2, 0.25) is 19.6 Å². The van der Waals surface area contributed by atoms with E-state index in [0.29, 0.717) is 6.04 Å². The summed E-state index contributed by atoms with van der Waals surface area (Å²) in [6.45, 7) is 12.8. The topological polar surface area (TPSA) is 12.0 Å². The average molecular weight is 276 g/mol. The van der Waals surface area contributed by atoms with Crippen LogP contribution in [0, 0.1) is 0 Å². The Labute approximate surface area is 120 Å². The Bertz CT molecular complexity index is 389. The third-order valence-electron chi connectivity index (χ3n) is 3.25. The van der Waals surface area contributed by atoms with E-state index in [9.17, 15) is 0 Å². The first-order valence-electron chi connectivity index (χ1n) is 7.43. The lowest BCUT2D eigenvalue weighted by Crippen LogP contribution is -2.26. The fraction of sp³-hybridized carbons (Fsp3) is 0.529. The molecule has 0 aromatic heterocycles. The van der Waals surface area contributed by atoms with Crippen LogP contribution in [-0.4, -0.2) is 20.7 Å². The predicted molar refractivity (Wildman–Crippen MR) is 90.1 cm³/mol. The minimum atomic E-state index is -1.18. The van der Waals surface area contributed by atoms with E-state index in [4.69, 9.17) is 0 Å². The fourth-order valence-electron chi connectivity index (χ4n) is 2.07. The van der Waals surface area contributed by atoms with Crippen LogP contribution in [0.1, 0.15) is 32.3 Å². The van der Waals surface area contributed by atoms with Gasteiger partial charge in [-0.25, -0.2) is 0 Å². The second-order valence-corrected chi connectivity index (χ2v) is 11.4. The molecule has 0 aliphatic rings. The van der Waals surface area contributed by atoms with Crippen LogP contribution in [0.25, 0.3) is 5.57 Å². The molecule has 1 unspecified atom stereocenters. The molecule has 106 valence electrons. The molecule has 1 aromatic carbocycles. The molecule has 19 heavy (non-hydrogen) atoms. The van der Waals surface area contributed by atoms with Crippen LogP contribution in [-0.2, 0) is 0 Å². The van der Waals surface area contributed by atoms with E-state index in [0.717, 1.165) is 13.0 Å². The van der Waals surface area contributed by atoms with E-state index in [2.05, 4.69) is 74.8 Å². The Morgan fingerprint density at radius 3 is 2.37 bits per heavy atom. The molecule has 0 amide bonds. The van der Waals surface area contributed by atoms with Crippen LogP contribution < -0.4 is 5.32 Å². The number of hydrogen-bond acceptors (Lipinski definition) is 1. The third kappa shape index (κ3) is 6.74. The maximum absolute atomic E-state index is 3.59. The first-order chi connectivity index (χ1) is 8.92. The van der Waals surface area contributed by atoms with Crippen molar-refractivity contribution in [2.24, 2.45) is 0 Å². The zero-order valence-electron chi connectivity index (χ0n) is 13.2. The minimum absolute atomic E-state index is 0.615. The highest BCUT2D eigenvalue weighted by Gasteiger charge is 2.12. The van der Waals surface area contributed by atoms with E-state index < -0.39 is 8.07 Å². The van der Waals surface area contributed by atoms with Crippen molar-refractivity contribution in [3.63, 3.8) is 0 Å². The maximum Gasteiger partial charge on any atom is 0.0690 e. The van der Waals surface area contributed by atoms with E-state index in [-0.39, 0.29) is 0 Å². The molecule has 1 nitrogen and oxygen atoms in total. The zero-order chi connectivity index (χ0) is 14.3. The Hall–Kier alpha value is -0.863. The molecule has 0 fully saturated rings. The SMILES string of the molecule is CCC(C)NCC/C(=C\[Si](C)(C)C)c1ccccc1. The Morgan fingerprint density at radius 1 is 1.21 bits per heavy atom. The molecule has 0 heterocycles. The number of hydrogen-bond donors (Lipinski definition) is 1. The van der Waals surface area contributed by atoms with Gasteiger partial charge in [0.15, 0.2) is 0 Å². The van der Waals surface area contributed by atoms with Gasteiger partial charge >= 0.3 is 0 Å². The van der Waals surface area contributed by atoms with Gasteiger partial charge in [-0.1, -0.05) is 62.6 Å². The van der Waals surface area contributed by atoms with Crippen LogP contribution >= 0.6 is 0 Å². The van der Waals surface area contributed by atoms with E-state index >= 15 is 0 Å². The lowest BCUT2D eigenvalue weighted by atomic mass is 10.0. The fourth-order valence-corrected chi connectivity index (χ4v) is 3.43. The largest absolute Gasteiger partial charge is 0.314 e. The van der Waals surface area contributed by atoms with Gasteiger partial charge in [0.25, 0.3) is 0 Å². The second-order valence-electron chi connectivity index (χ2n) is 6.42. The molecule has 1 rings (SSSR count). The van der Waals surface area contributed by atoms with Crippen molar-refractivity contribution >= 4 is 13.6 Å². The minimum Gasteiger partial charge on any atom is -0.314 e. The van der Waals surface area contributed by atoms with Gasteiger partial charge in [-0.2, -0.15) is 0 Å². The molecular formula is C17H29NSi. The third-order valence-corrected chi connectivity index (χ3v) is 4.47. The van der Waals surface area contributed by atoms with Crippen molar-refractivity contribution < 1.29 is 0 Å². The predicted octanol–water partition coefficient (Wildman–Crippen LogP) is 4.73. The van der Waals surface area contributed by atoms with Crippen molar-refractivity contribution in [2.45, 2.75) is 52.4 Å². The summed E-state index contributed by atoms with van der Waals surface area (Å²) in [5.41, 5.74) is 5.44. The molecule has 0 saturated heterocycles. The molecule has 0 radical (unpaired) electrons. The Balaban J connectivity index is 2.75. The molecule has 1 aromatic rings. The molecule has 0 saturated carbocycles. The first kappa shape index (κ1) is 16.2. The summed E-state index contributed by atoms with van der Waals surface area (Å²) < 4.78 is 0. The van der Waals surface area contributed by atoms with Crippen molar-refractivity contribution in [2.75, 3.05) is 6.54 Å². The van der Waals surface area contributed by atoms with E-state index in [1.165, 1.54) is 17.6 Å². The van der Waals surface area contributed by atoms with Gasteiger partial charge in [0.2, 0.25) is 0 Å². The summed E-state index contributed by atoms with van der Waals surface area (Å²) in [7, 11) is -1.18. The van der Waals surface area contributed by atoms with Gasteiger partial charge in [0.05, 0.1) is 8.07 Å². The van der Waals surface area contributed by atoms with E-state index in [1.807, 2.05) is 0 Å². The normalized spacial score (nSPS) is 14.5. The lowest BCUT2D eigenvalue weighted by Gasteiger charge is -2.17. The van der Waals surface area contributed by atoms with Crippen LogP contribution in [0.15, 0.2) is 36.0 Å². The van der Waals surface area contributed by atoms with Crippen molar-refractivity contribution in [1.82, 2.24) is 5.32 Å². The summed E-state index contributed by atoms with van der Waals surface area (Å²) in [6.07, 6.45) is 2.32. The molecular weight excluding hydrogens is 246 g/mol. The van der Waals surface area contributed by atoms with Crippen molar-refractivity contribution in [3.05, 3.63) is 41.6 Å². The standard InChI is InChI=1S/C17H29NSi/c1-6-15(2)18-13-12-17(14-19(3,4)5)16-10-8-7-9-11-16/h7-11,14-15,18H,6,12-13H2,1-5H3/b17-14+. The summed E-state index contributed by atoms with van der Waals surface area (Å²) >= 11 is 0. The highest BCUT2D eigenvalue weighted by Crippen LogP contribution is 2.21. The summed E-state index contributed by atoms with van der Waals surface area (Å²) in [4.78, 5) is 0. The summed E-state index contributed by atoms with van der Waals surface area (Å²) in [6, 6.07) is 11.4. The van der Waals surface area contributed by atoms with Crippen LogP contribution in [0.3, 0.4) is 0 Å². The van der Waals surface area contributed by atoms with Crippen molar-refractivity contribution in [1.29, 1.82) is 0 Å². The highest BCUT2D eigenvalue weighted by atomic mass is 28.3. The monoisotopic (exact) mass is 275 g/mol. The molecule has 0 aliphatic carbocycles. The quantitative estimate of drug-likeness (QED) is 0.710. The van der Waals surface area contributed by atoms with Gasteiger partial charge in [0.1, 0.15) is 0 Å². The Kier molecular flexibility index (Phi) is 6.53. The first-order valence-corrected chi connectivity index (χ1v) is 11.0. The summed E-state index contributed by atoms with van der Waals surface area (Å²) in [5, 5.41) is 3.59. The highest BCUT2D eigenvalue weighted by molar-refractivity contribution is 6.81. The van der Waals surface area contributed by atoms with Gasteiger partial charge in [-0.3, -0.25) is 0 Å². The smallest absolute Gasteiger partial charge is 0.0690 e. The number of rotatable bonds is 7. The van der Waals surface area contributed by atoms with E-state index in [1.54, 1.807) is 0 Å². The lowest BCUT2D eigenvalue weighted by molar-refractivity contribution is 0.542. The molecule has 0 aliphatic heterocycles. The number of nitrogens with one attached hydrogen (secondary N) is 1. The van der Waals surface area contributed by atoms with Gasteiger partial charge in [0, 0.05) is 6.04 Å². The van der Waals surface area contributed by atoms with Gasteiger partial charge in [-0.15, -0.1) is 0 Å². The molecule has 1 N–H and O–H groups in total. The van der Waals surface area contributed by atoms with Crippen molar-refractivity contribution in [3.8, 4) is 0 Å². The number of benzene rings is 1. The van der Waals surface area contributed by atoms with Crippen LogP contribution in [0.4, 0.5) is 0 Å². The van der Waals surface area contributed by atoms with Gasteiger partial charge in [-0.05, 0) is 37.4 Å². The molecule has 2 heteroatoms. The Morgan fingerprint density at radius 2 is 1.84 bits per heavy atom. The second kappa shape index (κ2) is 7.66. The van der Waals surface area contributed by atoms with Crippen LogP contribution in [0.5, 0.6) is 0 Å². The molecule has 1 atom stereocenters. The zero-order valence-corrected chi connectivity index (χ0v) is 14.2. The summed E-state index contributed by atoms with van der Waals surface area (Å²) in [5.74, 6) is 0. The molecule has 0 spiro atoms.